The summed E-state index contributed by atoms with van der Waals surface area (Å²) in [7, 11) is 5.70. The molecule has 0 saturated carbocycles. The molecular formula is C22H26N2O3. The number of likely N-dealkylation sites (N-methyl/N-ethyl adjacent to an activating group) is 1. The summed E-state index contributed by atoms with van der Waals surface area (Å²) >= 11 is 0. The molecule has 1 N–H and O–H groups in total. The van der Waals surface area contributed by atoms with Crippen LogP contribution in [0.1, 0.15) is 11.1 Å². The van der Waals surface area contributed by atoms with Gasteiger partial charge in [-0.3, -0.25) is 4.79 Å². The van der Waals surface area contributed by atoms with E-state index in [4.69, 9.17) is 9.15 Å². The molecule has 3 aromatic rings. The molecular weight excluding hydrogens is 340 g/mol. The van der Waals surface area contributed by atoms with Crippen LogP contribution in [-0.2, 0) is 17.6 Å². The van der Waals surface area contributed by atoms with Crippen LogP contribution in [0.4, 0.5) is 0 Å². The van der Waals surface area contributed by atoms with Gasteiger partial charge in [-0.25, -0.2) is 0 Å². The topological polar surface area (TPSA) is 54.7 Å². The maximum Gasteiger partial charge on any atom is 0.224 e. The highest BCUT2D eigenvalue weighted by Crippen LogP contribution is 2.25. The van der Waals surface area contributed by atoms with E-state index in [0.29, 0.717) is 13.0 Å². The first-order valence-corrected chi connectivity index (χ1v) is 9.08. The van der Waals surface area contributed by atoms with Crippen LogP contribution in [-0.4, -0.2) is 44.6 Å². The molecule has 0 saturated heterocycles. The van der Waals surface area contributed by atoms with E-state index >= 15 is 0 Å². The summed E-state index contributed by atoms with van der Waals surface area (Å²) < 4.78 is 10.8. The van der Waals surface area contributed by atoms with Crippen LogP contribution in [0.5, 0.6) is 5.75 Å². The van der Waals surface area contributed by atoms with Crippen molar-refractivity contribution in [2.45, 2.75) is 18.9 Å². The lowest BCUT2D eigenvalue weighted by molar-refractivity contribution is -0.120. The van der Waals surface area contributed by atoms with E-state index in [-0.39, 0.29) is 11.9 Å². The van der Waals surface area contributed by atoms with Gasteiger partial charge in [-0.05, 0) is 38.2 Å². The van der Waals surface area contributed by atoms with Crippen LogP contribution in [0.15, 0.2) is 59.2 Å². The Morgan fingerprint density at radius 3 is 2.67 bits per heavy atom. The molecule has 0 radical (unpaired) electrons. The largest absolute Gasteiger partial charge is 0.497 e. The Morgan fingerprint density at radius 2 is 1.96 bits per heavy atom. The van der Waals surface area contributed by atoms with E-state index in [1.54, 1.807) is 13.4 Å². The Hall–Kier alpha value is -2.79. The number of fused-ring (bicyclic) bond motifs is 1. The molecule has 1 aromatic heterocycles. The number of nitrogens with zero attached hydrogens (tertiary/aromatic N) is 1. The maximum absolute atomic E-state index is 12.5. The summed E-state index contributed by atoms with van der Waals surface area (Å²) in [5.41, 5.74) is 2.88. The molecule has 2 aromatic carbocycles. The average molecular weight is 366 g/mol. The molecule has 0 aliphatic heterocycles. The summed E-state index contributed by atoms with van der Waals surface area (Å²) in [6.45, 7) is 0.602. The van der Waals surface area contributed by atoms with Crippen molar-refractivity contribution in [3.05, 3.63) is 65.9 Å². The molecule has 0 fully saturated rings. The zero-order valence-electron chi connectivity index (χ0n) is 16.1. The molecule has 142 valence electrons. The van der Waals surface area contributed by atoms with Gasteiger partial charge in [-0.1, -0.05) is 30.3 Å². The van der Waals surface area contributed by atoms with Crippen molar-refractivity contribution in [3.8, 4) is 5.75 Å². The molecule has 5 heteroatoms. The monoisotopic (exact) mass is 366 g/mol. The van der Waals surface area contributed by atoms with E-state index in [9.17, 15) is 4.79 Å². The number of methoxy groups -OCH3 is 1. The molecule has 0 bridgehead atoms. The summed E-state index contributed by atoms with van der Waals surface area (Å²) in [5, 5.41) is 4.01. The Labute approximate surface area is 159 Å². The van der Waals surface area contributed by atoms with E-state index in [2.05, 4.69) is 22.3 Å². The van der Waals surface area contributed by atoms with Crippen LogP contribution >= 0.6 is 0 Å². The first-order chi connectivity index (χ1) is 13.1. The third-order valence-corrected chi connectivity index (χ3v) is 4.79. The SMILES string of the molecule is COc1ccc2c(CC(=O)NCC(Cc3ccccc3)N(C)C)coc2c1. The quantitative estimate of drug-likeness (QED) is 0.665. The zero-order valence-corrected chi connectivity index (χ0v) is 16.1. The third-order valence-electron chi connectivity index (χ3n) is 4.79. The van der Waals surface area contributed by atoms with E-state index in [1.165, 1.54) is 5.56 Å². The molecule has 27 heavy (non-hydrogen) atoms. The van der Waals surface area contributed by atoms with Crippen molar-refractivity contribution in [1.29, 1.82) is 0 Å². The van der Waals surface area contributed by atoms with E-state index < -0.39 is 0 Å². The van der Waals surface area contributed by atoms with Gasteiger partial charge in [0.1, 0.15) is 11.3 Å². The number of ether oxygens (including phenoxy) is 1. The Kier molecular flexibility index (Phi) is 6.14. The van der Waals surface area contributed by atoms with Crippen molar-refractivity contribution < 1.29 is 13.9 Å². The van der Waals surface area contributed by atoms with Gasteiger partial charge in [0.25, 0.3) is 0 Å². The zero-order chi connectivity index (χ0) is 19.2. The molecule has 1 heterocycles. The number of rotatable bonds is 8. The standard InChI is InChI=1S/C22H26N2O3/c1-24(2)18(11-16-7-5-4-6-8-16)14-23-22(25)12-17-15-27-21-13-19(26-3)9-10-20(17)21/h4-10,13,15,18H,11-12,14H2,1-3H3,(H,23,25). The highest BCUT2D eigenvalue weighted by Gasteiger charge is 2.15. The number of hydrogen-bond donors (Lipinski definition) is 1. The highest BCUT2D eigenvalue weighted by molar-refractivity contribution is 5.88. The lowest BCUT2D eigenvalue weighted by atomic mass is 10.0. The molecule has 1 unspecified atom stereocenters. The summed E-state index contributed by atoms with van der Waals surface area (Å²) in [5.74, 6) is 0.732. The van der Waals surface area contributed by atoms with Crippen molar-refractivity contribution in [2.24, 2.45) is 0 Å². The Balaban J connectivity index is 1.59. The minimum absolute atomic E-state index is 0.00608. The second kappa shape index (κ2) is 8.73. The van der Waals surface area contributed by atoms with Crippen molar-refractivity contribution in [3.63, 3.8) is 0 Å². The van der Waals surface area contributed by atoms with Crippen LogP contribution in [0, 0.1) is 0 Å². The predicted molar refractivity (Wildman–Crippen MR) is 107 cm³/mol. The van der Waals surface area contributed by atoms with Crippen molar-refractivity contribution in [1.82, 2.24) is 10.2 Å². The van der Waals surface area contributed by atoms with Crippen molar-refractivity contribution in [2.75, 3.05) is 27.7 Å². The lowest BCUT2D eigenvalue weighted by Crippen LogP contribution is -2.42. The predicted octanol–water partition coefficient (Wildman–Crippen LogP) is 3.27. The third kappa shape index (κ3) is 4.89. The number of carbonyl (C=O) groups excluding carboxylic acids is 1. The number of amides is 1. The molecule has 0 spiro atoms. The molecule has 1 amide bonds. The van der Waals surface area contributed by atoms with E-state index in [0.717, 1.165) is 28.7 Å². The Morgan fingerprint density at radius 1 is 1.19 bits per heavy atom. The van der Waals surface area contributed by atoms with Gasteiger partial charge in [0, 0.05) is 29.6 Å². The average Bonchev–Trinajstić information content (AvgIpc) is 3.07. The number of benzene rings is 2. The summed E-state index contributed by atoms with van der Waals surface area (Å²) in [6.07, 6.45) is 2.84. The van der Waals surface area contributed by atoms with Gasteiger partial charge in [0.05, 0.1) is 19.8 Å². The number of hydrogen-bond acceptors (Lipinski definition) is 4. The summed E-state index contributed by atoms with van der Waals surface area (Å²) in [4.78, 5) is 14.6. The normalized spacial score (nSPS) is 12.3. The Bertz CT molecular complexity index is 887. The first-order valence-electron chi connectivity index (χ1n) is 9.08. The van der Waals surface area contributed by atoms with E-state index in [1.807, 2.05) is 50.5 Å². The molecule has 5 nitrogen and oxygen atoms in total. The molecule has 3 rings (SSSR count). The smallest absolute Gasteiger partial charge is 0.224 e. The van der Waals surface area contributed by atoms with Crippen LogP contribution in [0.2, 0.25) is 0 Å². The van der Waals surface area contributed by atoms with Gasteiger partial charge in [0.15, 0.2) is 0 Å². The number of nitrogens with one attached hydrogen (secondary N) is 1. The molecule has 0 aliphatic rings. The fourth-order valence-electron chi connectivity index (χ4n) is 3.12. The van der Waals surface area contributed by atoms with Gasteiger partial charge in [-0.15, -0.1) is 0 Å². The van der Waals surface area contributed by atoms with Crippen LogP contribution < -0.4 is 10.1 Å². The lowest BCUT2D eigenvalue weighted by Gasteiger charge is -2.24. The first kappa shape index (κ1) is 19.0. The molecule has 1 atom stereocenters. The maximum atomic E-state index is 12.5. The van der Waals surface area contributed by atoms with Crippen LogP contribution in [0.3, 0.4) is 0 Å². The fraction of sp³-hybridized carbons (Fsp3) is 0.318. The summed E-state index contributed by atoms with van der Waals surface area (Å²) in [6, 6.07) is 16.2. The van der Waals surface area contributed by atoms with Gasteiger partial charge in [-0.2, -0.15) is 0 Å². The second-order valence-electron chi connectivity index (χ2n) is 6.91. The van der Waals surface area contributed by atoms with Gasteiger partial charge < -0.3 is 19.4 Å². The fourth-order valence-corrected chi connectivity index (χ4v) is 3.12. The van der Waals surface area contributed by atoms with Gasteiger partial charge in [0.2, 0.25) is 5.91 Å². The minimum atomic E-state index is -0.00608. The highest BCUT2D eigenvalue weighted by atomic mass is 16.5. The number of furan rings is 1. The minimum Gasteiger partial charge on any atom is -0.497 e. The van der Waals surface area contributed by atoms with Gasteiger partial charge >= 0.3 is 0 Å². The second-order valence-corrected chi connectivity index (χ2v) is 6.91. The van der Waals surface area contributed by atoms with Crippen LogP contribution in [0.25, 0.3) is 11.0 Å². The number of carbonyl (C=O) groups is 1. The van der Waals surface area contributed by atoms with Crippen molar-refractivity contribution >= 4 is 16.9 Å². The molecule has 0 aliphatic carbocycles.